The summed E-state index contributed by atoms with van der Waals surface area (Å²) in [7, 11) is 3.09. The Morgan fingerprint density at radius 3 is 2.37 bits per heavy atom. The van der Waals surface area contributed by atoms with E-state index >= 15 is 0 Å². The number of benzene rings is 2. The van der Waals surface area contributed by atoms with Crippen LogP contribution in [0.15, 0.2) is 48.5 Å². The lowest BCUT2D eigenvalue weighted by Gasteiger charge is -2.34. The largest absolute Gasteiger partial charge is 0.465 e. The molecule has 1 aliphatic heterocycles. The van der Waals surface area contributed by atoms with Crippen LogP contribution in [-0.4, -0.2) is 62.0 Å². The van der Waals surface area contributed by atoms with Crippen LogP contribution in [0.5, 0.6) is 0 Å². The van der Waals surface area contributed by atoms with E-state index in [2.05, 4.69) is 4.90 Å². The van der Waals surface area contributed by atoms with Gasteiger partial charge in [0.25, 0.3) is 5.91 Å². The Kier molecular flexibility index (Phi) is 7.57. The molecule has 1 aliphatic rings. The van der Waals surface area contributed by atoms with E-state index in [1.807, 2.05) is 12.1 Å². The van der Waals surface area contributed by atoms with Crippen LogP contribution in [0.3, 0.4) is 0 Å². The SMILES string of the molecule is COC(=O)c1ccccc1C(=O)N(C)CC1CCN(CCc2ccccc2F)CC1. The molecule has 1 heterocycles. The third kappa shape index (κ3) is 5.45. The van der Waals surface area contributed by atoms with Gasteiger partial charge >= 0.3 is 5.97 Å². The Bertz CT molecular complexity index is 878. The summed E-state index contributed by atoms with van der Waals surface area (Å²) in [4.78, 5) is 28.9. The summed E-state index contributed by atoms with van der Waals surface area (Å²) >= 11 is 0. The first kappa shape index (κ1) is 22.0. The van der Waals surface area contributed by atoms with Gasteiger partial charge in [-0.15, -0.1) is 0 Å². The maximum absolute atomic E-state index is 13.8. The smallest absolute Gasteiger partial charge is 0.338 e. The van der Waals surface area contributed by atoms with E-state index in [1.54, 1.807) is 42.3 Å². The lowest BCUT2D eigenvalue weighted by atomic mass is 9.95. The molecule has 1 saturated heterocycles. The molecule has 5 nitrogen and oxygen atoms in total. The number of halogens is 1. The second-order valence-electron chi connectivity index (χ2n) is 7.85. The standard InChI is InChI=1S/C24H29FN2O3/c1-26(23(28)20-8-4-5-9-21(20)24(29)30-2)17-18-11-14-27(15-12-18)16-13-19-7-3-6-10-22(19)25/h3-10,18H,11-17H2,1-2H3. The fourth-order valence-corrected chi connectivity index (χ4v) is 4.01. The summed E-state index contributed by atoms with van der Waals surface area (Å²) in [5.74, 6) is -0.401. The highest BCUT2D eigenvalue weighted by molar-refractivity contribution is 6.05. The van der Waals surface area contributed by atoms with E-state index < -0.39 is 5.97 Å². The van der Waals surface area contributed by atoms with Gasteiger partial charge in [0.15, 0.2) is 0 Å². The minimum atomic E-state index is -0.504. The first-order chi connectivity index (χ1) is 14.5. The molecule has 0 unspecified atom stereocenters. The molecule has 1 amide bonds. The second kappa shape index (κ2) is 10.3. The molecule has 0 N–H and O–H groups in total. The van der Waals surface area contributed by atoms with Crippen LogP contribution >= 0.6 is 0 Å². The number of likely N-dealkylation sites (tertiary alicyclic amines) is 1. The van der Waals surface area contributed by atoms with Crippen molar-refractivity contribution >= 4 is 11.9 Å². The minimum Gasteiger partial charge on any atom is -0.465 e. The number of amides is 1. The Balaban J connectivity index is 1.49. The third-order valence-corrected chi connectivity index (χ3v) is 5.80. The van der Waals surface area contributed by atoms with E-state index in [1.165, 1.54) is 13.2 Å². The summed E-state index contributed by atoms with van der Waals surface area (Å²) in [6.45, 7) is 3.38. The Morgan fingerprint density at radius 2 is 1.70 bits per heavy atom. The summed E-state index contributed by atoms with van der Waals surface area (Å²) in [5.41, 5.74) is 1.42. The molecule has 0 spiro atoms. The topological polar surface area (TPSA) is 49.9 Å². The fraction of sp³-hybridized carbons (Fsp3) is 0.417. The van der Waals surface area contributed by atoms with Crippen molar-refractivity contribution in [3.8, 4) is 0 Å². The van der Waals surface area contributed by atoms with Gasteiger partial charge in [0.05, 0.1) is 18.2 Å². The molecule has 2 aromatic rings. The first-order valence-electron chi connectivity index (χ1n) is 10.4. The van der Waals surface area contributed by atoms with Crippen LogP contribution in [0.2, 0.25) is 0 Å². The molecule has 0 aliphatic carbocycles. The van der Waals surface area contributed by atoms with Gasteiger partial charge in [0.2, 0.25) is 0 Å². The molecule has 2 aromatic carbocycles. The number of ether oxygens (including phenoxy) is 1. The number of esters is 1. The monoisotopic (exact) mass is 412 g/mol. The van der Waals surface area contributed by atoms with E-state index in [9.17, 15) is 14.0 Å². The average molecular weight is 413 g/mol. The number of hydrogen-bond donors (Lipinski definition) is 0. The van der Waals surface area contributed by atoms with Crippen molar-refractivity contribution < 1.29 is 18.7 Å². The molecular formula is C24H29FN2O3. The molecule has 0 bridgehead atoms. The molecule has 0 radical (unpaired) electrons. The van der Waals surface area contributed by atoms with Gasteiger partial charge < -0.3 is 14.5 Å². The number of carbonyl (C=O) groups excluding carboxylic acids is 2. The van der Waals surface area contributed by atoms with Crippen molar-refractivity contribution in [2.45, 2.75) is 19.3 Å². The zero-order valence-corrected chi connectivity index (χ0v) is 17.6. The number of rotatable bonds is 7. The Morgan fingerprint density at radius 1 is 1.07 bits per heavy atom. The van der Waals surface area contributed by atoms with E-state index in [4.69, 9.17) is 4.74 Å². The molecule has 0 atom stereocenters. The molecule has 1 fully saturated rings. The van der Waals surface area contributed by atoms with Crippen LogP contribution < -0.4 is 0 Å². The van der Waals surface area contributed by atoms with Gasteiger partial charge in [-0.3, -0.25) is 4.79 Å². The molecule has 0 aromatic heterocycles. The van der Waals surface area contributed by atoms with E-state index in [-0.39, 0.29) is 11.7 Å². The molecule has 30 heavy (non-hydrogen) atoms. The Labute approximate surface area is 177 Å². The summed E-state index contributed by atoms with van der Waals surface area (Å²) < 4.78 is 18.6. The maximum atomic E-state index is 13.8. The van der Waals surface area contributed by atoms with Crippen molar-refractivity contribution in [1.82, 2.24) is 9.80 Å². The molecule has 3 rings (SSSR count). The van der Waals surface area contributed by atoms with Crippen molar-refractivity contribution in [3.63, 3.8) is 0 Å². The predicted molar refractivity (Wildman–Crippen MR) is 114 cm³/mol. The van der Waals surface area contributed by atoms with Crippen LogP contribution in [0.4, 0.5) is 4.39 Å². The van der Waals surface area contributed by atoms with E-state index in [0.29, 0.717) is 30.0 Å². The zero-order valence-electron chi connectivity index (χ0n) is 17.6. The van der Waals surface area contributed by atoms with Crippen LogP contribution in [0.25, 0.3) is 0 Å². The number of piperidine rings is 1. The van der Waals surface area contributed by atoms with Crippen LogP contribution in [-0.2, 0) is 11.2 Å². The minimum absolute atomic E-state index is 0.139. The number of carbonyl (C=O) groups is 2. The predicted octanol–water partition coefficient (Wildman–Crippen LogP) is 3.64. The number of nitrogens with zero attached hydrogens (tertiary/aromatic N) is 2. The van der Waals surface area contributed by atoms with Crippen LogP contribution in [0.1, 0.15) is 39.1 Å². The van der Waals surface area contributed by atoms with Gasteiger partial charge in [-0.2, -0.15) is 0 Å². The number of methoxy groups -OCH3 is 1. The first-order valence-corrected chi connectivity index (χ1v) is 10.4. The summed E-state index contributed by atoms with van der Waals surface area (Å²) in [6, 6.07) is 13.7. The highest BCUT2D eigenvalue weighted by Crippen LogP contribution is 2.20. The normalized spacial score (nSPS) is 15.0. The van der Waals surface area contributed by atoms with Gasteiger partial charge in [0, 0.05) is 20.1 Å². The summed E-state index contributed by atoms with van der Waals surface area (Å²) in [5, 5.41) is 0. The Hall–Kier alpha value is -2.73. The quantitative estimate of drug-likeness (QED) is 0.652. The van der Waals surface area contributed by atoms with Crippen molar-refractivity contribution in [2.24, 2.45) is 5.92 Å². The molecular weight excluding hydrogens is 383 g/mol. The average Bonchev–Trinajstić information content (AvgIpc) is 2.78. The zero-order chi connectivity index (χ0) is 21.5. The molecule has 0 saturated carbocycles. The summed E-state index contributed by atoms with van der Waals surface area (Å²) in [6.07, 6.45) is 2.70. The third-order valence-electron chi connectivity index (χ3n) is 5.80. The lowest BCUT2D eigenvalue weighted by Crippen LogP contribution is -2.40. The van der Waals surface area contributed by atoms with E-state index in [0.717, 1.165) is 38.0 Å². The van der Waals surface area contributed by atoms with Crippen molar-refractivity contribution in [2.75, 3.05) is 40.3 Å². The van der Waals surface area contributed by atoms with Crippen molar-refractivity contribution in [3.05, 3.63) is 71.0 Å². The van der Waals surface area contributed by atoms with Crippen molar-refractivity contribution in [1.29, 1.82) is 0 Å². The van der Waals surface area contributed by atoms with Crippen LogP contribution in [0, 0.1) is 11.7 Å². The molecule has 6 heteroatoms. The van der Waals surface area contributed by atoms with Gasteiger partial charge in [-0.05, 0) is 62.0 Å². The van der Waals surface area contributed by atoms with Gasteiger partial charge in [-0.25, -0.2) is 9.18 Å². The van der Waals surface area contributed by atoms with Gasteiger partial charge in [-0.1, -0.05) is 30.3 Å². The number of hydrogen-bond acceptors (Lipinski definition) is 4. The highest BCUT2D eigenvalue weighted by atomic mass is 19.1. The lowest BCUT2D eigenvalue weighted by molar-refractivity contribution is 0.0589. The second-order valence-corrected chi connectivity index (χ2v) is 7.85. The highest BCUT2D eigenvalue weighted by Gasteiger charge is 2.25. The maximum Gasteiger partial charge on any atom is 0.338 e. The van der Waals surface area contributed by atoms with Gasteiger partial charge in [0.1, 0.15) is 5.82 Å². The molecule has 160 valence electrons. The fourth-order valence-electron chi connectivity index (χ4n) is 4.01.